The van der Waals surface area contributed by atoms with Crippen LogP contribution in [-0.2, 0) is 0 Å². The summed E-state index contributed by atoms with van der Waals surface area (Å²) in [6, 6.07) is 12.1. The molecule has 90 valence electrons. The van der Waals surface area contributed by atoms with Gasteiger partial charge in [-0.2, -0.15) is 0 Å². The second-order valence-corrected chi connectivity index (χ2v) is 4.22. The monoisotopic (exact) mass is 238 g/mol. The van der Waals surface area contributed by atoms with Gasteiger partial charge in [0.05, 0.1) is 0 Å². The number of nitrogens with one attached hydrogen (secondary N) is 1. The minimum absolute atomic E-state index is 0.756. The molecule has 4 nitrogen and oxygen atoms in total. The zero-order valence-corrected chi connectivity index (χ0v) is 10.4. The molecule has 0 atom stereocenters. The fourth-order valence-corrected chi connectivity index (χ4v) is 1.95. The van der Waals surface area contributed by atoms with E-state index < -0.39 is 0 Å². The van der Waals surface area contributed by atoms with Gasteiger partial charge in [-0.05, 0) is 42.8 Å². The highest BCUT2D eigenvalue weighted by atomic mass is 15.3. The average molecular weight is 238 g/mol. The third-order valence-corrected chi connectivity index (χ3v) is 2.99. The van der Waals surface area contributed by atoms with Crippen molar-refractivity contribution in [3.8, 4) is 11.4 Å². The summed E-state index contributed by atoms with van der Waals surface area (Å²) >= 11 is 0. The van der Waals surface area contributed by atoms with Crippen molar-refractivity contribution in [3.63, 3.8) is 0 Å². The topological polar surface area (TPSA) is 42.2 Å². The SMILES string of the molecule is CNc1ccc(-c2nc3c(C)cccn3n2)cc1. The van der Waals surface area contributed by atoms with Crippen molar-refractivity contribution >= 4 is 11.3 Å². The molecule has 0 unspecified atom stereocenters. The first-order valence-electron chi connectivity index (χ1n) is 5.88. The summed E-state index contributed by atoms with van der Waals surface area (Å²) < 4.78 is 1.82. The lowest BCUT2D eigenvalue weighted by molar-refractivity contribution is 0.960. The van der Waals surface area contributed by atoms with Crippen molar-refractivity contribution in [2.75, 3.05) is 12.4 Å². The van der Waals surface area contributed by atoms with E-state index in [1.165, 1.54) is 0 Å². The van der Waals surface area contributed by atoms with Gasteiger partial charge in [-0.3, -0.25) is 0 Å². The fraction of sp³-hybridized carbons (Fsp3) is 0.143. The maximum atomic E-state index is 4.57. The molecule has 18 heavy (non-hydrogen) atoms. The molecule has 2 aromatic heterocycles. The Bertz CT molecular complexity index is 683. The van der Waals surface area contributed by atoms with E-state index >= 15 is 0 Å². The minimum Gasteiger partial charge on any atom is -0.388 e. The largest absolute Gasteiger partial charge is 0.388 e. The van der Waals surface area contributed by atoms with E-state index in [1.807, 2.05) is 61.1 Å². The van der Waals surface area contributed by atoms with Crippen molar-refractivity contribution in [2.24, 2.45) is 0 Å². The second kappa shape index (κ2) is 4.14. The van der Waals surface area contributed by atoms with Gasteiger partial charge in [0.15, 0.2) is 11.5 Å². The molecule has 0 spiro atoms. The van der Waals surface area contributed by atoms with Crippen molar-refractivity contribution in [1.29, 1.82) is 0 Å². The molecular weight excluding hydrogens is 224 g/mol. The Morgan fingerprint density at radius 1 is 1.11 bits per heavy atom. The van der Waals surface area contributed by atoms with Gasteiger partial charge in [-0.15, -0.1) is 5.10 Å². The summed E-state index contributed by atoms with van der Waals surface area (Å²) in [5.41, 5.74) is 4.14. The van der Waals surface area contributed by atoms with Crippen LogP contribution in [-0.4, -0.2) is 21.6 Å². The van der Waals surface area contributed by atoms with Crippen LogP contribution in [0.2, 0.25) is 0 Å². The molecule has 0 aliphatic heterocycles. The lowest BCUT2D eigenvalue weighted by Gasteiger charge is -1.99. The van der Waals surface area contributed by atoms with E-state index in [2.05, 4.69) is 15.4 Å². The maximum Gasteiger partial charge on any atom is 0.182 e. The zero-order chi connectivity index (χ0) is 12.5. The molecule has 1 N–H and O–H groups in total. The molecule has 0 saturated carbocycles. The van der Waals surface area contributed by atoms with Crippen LogP contribution in [0.4, 0.5) is 5.69 Å². The van der Waals surface area contributed by atoms with Gasteiger partial charge in [-0.1, -0.05) is 6.07 Å². The Balaban J connectivity index is 2.10. The van der Waals surface area contributed by atoms with Gasteiger partial charge in [0.1, 0.15) is 0 Å². The first-order valence-corrected chi connectivity index (χ1v) is 5.88. The molecule has 0 aliphatic carbocycles. The lowest BCUT2D eigenvalue weighted by atomic mass is 10.2. The molecule has 0 amide bonds. The van der Waals surface area contributed by atoms with Gasteiger partial charge in [-0.25, -0.2) is 9.50 Å². The van der Waals surface area contributed by atoms with E-state index in [0.29, 0.717) is 0 Å². The molecule has 4 heteroatoms. The Morgan fingerprint density at radius 2 is 1.89 bits per heavy atom. The van der Waals surface area contributed by atoms with Crippen LogP contribution < -0.4 is 5.32 Å². The smallest absolute Gasteiger partial charge is 0.182 e. The molecular formula is C14H14N4. The summed E-state index contributed by atoms with van der Waals surface area (Å²) in [5.74, 6) is 0.756. The quantitative estimate of drug-likeness (QED) is 0.746. The average Bonchev–Trinajstić information content (AvgIpc) is 2.84. The highest BCUT2D eigenvalue weighted by Crippen LogP contribution is 2.19. The number of pyridine rings is 1. The number of hydrogen-bond acceptors (Lipinski definition) is 3. The number of benzene rings is 1. The molecule has 0 saturated heterocycles. The molecule has 2 heterocycles. The molecule has 3 rings (SSSR count). The van der Waals surface area contributed by atoms with Gasteiger partial charge in [0.25, 0.3) is 0 Å². The van der Waals surface area contributed by atoms with Crippen LogP contribution in [0.5, 0.6) is 0 Å². The molecule has 1 aromatic carbocycles. The third-order valence-electron chi connectivity index (χ3n) is 2.99. The normalized spacial score (nSPS) is 10.8. The molecule has 0 radical (unpaired) electrons. The van der Waals surface area contributed by atoms with E-state index in [9.17, 15) is 0 Å². The van der Waals surface area contributed by atoms with Crippen LogP contribution >= 0.6 is 0 Å². The number of anilines is 1. The van der Waals surface area contributed by atoms with Crippen LogP contribution in [0.15, 0.2) is 42.6 Å². The summed E-state index contributed by atoms with van der Waals surface area (Å²) in [5, 5.41) is 7.58. The van der Waals surface area contributed by atoms with Crippen LogP contribution in [0.25, 0.3) is 17.0 Å². The number of hydrogen-bond donors (Lipinski definition) is 1. The predicted octanol–water partition coefficient (Wildman–Crippen LogP) is 2.75. The Kier molecular flexibility index (Phi) is 2.48. The highest BCUT2D eigenvalue weighted by molar-refractivity contribution is 5.62. The van der Waals surface area contributed by atoms with Crippen molar-refractivity contribution < 1.29 is 0 Å². The highest BCUT2D eigenvalue weighted by Gasteiger charge is 2.07. The standard InChI is InChI=1S/C14H14N4/c1-10-4-3-9-18-14(10)16-13(17-18)11-5-7-12(15-2)8-6-11/h3-9,15H,1-2H3. The molecule has 0 fully saturated rings. The predicted molar refractivity (Wildman–Crippen MR) is 72.7 cm³/mol. The molecule has 0 aliphatic rings. The second-order valence-electron chi connectivity index (χ2n) is 4.22. The summed E-state index contributed by atoms with van der Waals surface area (Å²) in [6.45, 7) is 2.04. The van der Waals surface area contributed by atoms with Crippen LogP contribution in [0, 0.1) is 6.92 Å². The van der Waals surface area contributed by atoms with Crippen LogP contribution in [0.3, 0.4) is 0 Å². The van der Waals surface area contributed by atoms with Crippen molar-refractivity contribution in [3.05, 3.63) is 48.2 Å². The van der Waals surface area contributed by atoms with Gasteiger partial charge in [0, 0.05) is 24.5 Å². The number of nitrogens with zero attached hydrogens (tertiary/aromatic N) is 3. The van der Waals surface area contributed by atoms with Gasteiger partial charge < -0.3 is 5.32 Å². The third kappa shape index (κ3) is 1.72. The van der Waals surface area contributed by atoms with E-state index in [1.54, 1.807) is 0 Å². The fourth-order valence-electron chi connectivity index (χ4n) is 1.95. The van der Waals surface area contributed by atoms with E-state index in [-0.39, 0.29) is 0 Å². The lowest BCUT2D eigenvalue weighted by Crippen LogP contribution is -1.88. The number of rotatable bonds is 2. The van der Waals surface area contributed by atoms with E-state index in [4.69, 9.17) is 0 Å². The first kappa shape index (κ1) is 10.8. The summed E-state index contributed by atoms with van der Waals surface area (Å²) in [6.07, 6.45) is 1.92. The van der Waals surface area contributed by atoms with Crippen LogP contribution in [0.1, 0.15) is 5.56 Å². The van der Waals surface area contributed by atoms with Gasteiger partial charge in [0.2, 0.25) is 0 Å². The van der Waals surface area contributed by atoms with Gasteiger partial charge >= 0.3 is 0 Å². The zero-order valence-electron chi connectivity index (χ0n) is 10.4. The number of fused-ring (bicyclic) bond motifs is 1. The Morgan fingerprint density at radius 3 is 2.56 bits per heavy atom. The number of aromatic nitrogens is 3. The molecule has 3 aromatic rings. The maximum absolute atomic E-state index is 4.57. The Hall–Kier alpha value is -2.36. The summed E-state index contributed by atoms with van der Waals surface area (Å²) in [7, 11) is 1.90. The van der Waals surface area contributed by atoms with Crippen molar-refractivity contribution in [1.82, 2.24) is 14.6 Å². The number of aryl methyl sites for hydroxylation is 1. The van der Waals surface area contributed by atoms with E-state index in [0.717, 1.165) is 28.3 Å². The first-order chi connectivity index (χ1) is 8.78. The Labute approximate surface area is 105 Å². The summed E-state index contributed by atoms with van der Waals surface area (Å²) in [4.78, 5) is 4.57. The van der Waals surface area contributed by atoms with Crippen molar-refractivity contribution in [2.45, 2.75) is 6.92 Å². The molecule has 0 bridgehead atoms. The minimum atomic E-state index is 0.756.